The van der Waals surface area contributed by atoms with Crippen molar-refractivity contribution >= 4 is 50.8 Å². The first-order valence-corrected chi connectivity index (χ1v) is 11.2. The highest BCUT2D eigenvalue weighted by molar-refractivity contribution is 7.90. The number of carboxylic acids is 1. The number of hydrogen-bond acceptors (Lipinski definition) is 5. The van der Waals surface area contributed by atoms with Crippen LogP contribution >= 0.6 is 23.2 Å². The van der Waals surface area contributed by atoms with Gasteiger partial charge in [-0.1, -0.05) is 43.1 Å². The predicted octanol–water partition coefficient (Wildman–Crippen LogP) is 4.23. The van der Waals surface area contributed by atoms with Crippen LogP contribution in [0.15, 0.2) is 29.2 Å². The Kier molecular flexibility index (Phi) is 5.79. The van der Waals surface area contributed by atoms with Crippen LogP contribution in [0.25, 0.3) is 0 Å². The van der Waals surface area contributed by atoms with Gasteiger partial charge < -0.3 is 10.0 Å². The molecular formula is C20H20Cl2N2O5S. The minimum Gasteiger partial charge on any atom is -0.478 e. The maximum Gasteiger partial charge on any atom is 0.338 e. The number of halogens is 2. The molecule has 1 aliphatic rings. The number of carbonyl (C=O) groups is 2. The number of aromatic carboxylic acids is 1. The standard InChI is InChI=1S/C20H20Cl2N2O5S/c1-10(2)13-7-12(23(3)4)8-15-16(13)19(25)24(30(15,28)29)9-11-5-6-14(21)17(18(11)22)20(26)27/h5-8,10H,9H2,1-4H3,(H,26,27). The van der Waals surface area contributed by atoms with Gasteiger partial charge in [0.05, 0.1) is 27.7 Å². The molecule has 1 heterocycles. The summed E-state index contributed by atoms with van der Waals surface area (Å²) in [6.07, 6.45) is 0. The normalized spacial score (nSPS) is 14.9. The molecular weight excluding hydrogens is 451 g/mol. The number of benzene rings is 2. The van der Waals surface area contributed by atoms with Gasteiger partial charge in [-0.25, -0.2) is 17.5 Å². The topological polar surface area (TPSA) is 95.0 Å². The second-order valence-corrected chi connectivity index (χ2v) is 10.1. The molecule has 10 heteroatoms. The number of anilines is 1. The first-order valence-electron chi connectivity index (χ1n) is 9.00. The van der Waals surface area contributed by atoms with Crippen molar-refractivity contribution in [3.63, 3.8) is 0 Å². The van der Waals surface area contributed by atoms with Crippen molar-refractivity contribution in [2.45, 2.75) is 31.2 Å². The van der Waals surface area contributed by atoms with Gasteiger partial charge in [0, 0.05) is 19.8 Å². The molecule has 1 N–H and O–H groups in total. The molecule has 0 saturated heterocycles. The maximum atomic E-state index is 13.2. The van der Waals surface area contributed by atoms with Crippen LogP contribution < -0.4 is 4.90 Å². The van der Waals surface area contributed by atoms with Gasteiger partial charge in [-0.15, -0.1) is 0 Å². The minimum absolute atomic E-state index is 0.0639. The number of amides is 1. The van der Waals surface area contributed by atoms with E-state index in [1.54, 1.807) is 25.1 Å². The third-order valence-corrected chi connectivity index (χ3v) is 7.46. The van der Waals surface area contributed by atoms with Gasteiger partial charge >= 0.3 is 5.97 Å². The molecule has 160 valence electrons. The average molecular weight is 471 g/mol. The lowest BCUT2D eigenvalue weighted by molar-refractivity contribution is 0.0697. The molecule has 0 radical (unpaired) electrons. The number of hydrogen-bond donors (Lipinski definition) is 1. The number of rotatable bonds is 5. The smallest absolute Gasteiger partial charge is 0.338 e. The summed E-state index contributed by atoms with van der Waals surface area (Å²) in [6.45, 7) is 3.36. The van der Waals surface area contributed by atoms with Crippen molar-refractivity contribution < 1.29 is 23.1 Å². The molecule has 0 unspecified atom stereocenters. The molecule has 0 saturated carbocycles. The molecule has 0 aromatic heterocycles. The molecule has 30 heavy (non-hydrogen) atoms. The molecule has 0 bridgehead atoms. The minimum atomic E-state index is -4.15. The Morgan fingerprint density at radius 2 is 1.83 bits per heavy atom. The van der Waals surface area contributed by atoms with Crippen LogP contribution in [-0.4, -0.2) is 43.8 Å². The Bertz CT molecular complexity index is 1180. The molecule has 0 aliphatic carbocycles. The Labute approximate surface area is 184 Å². The highest BCUT2D eigenvalue weighted by atomic mass is 35.5. The van der Waals surface area contributed by atoms with E-state index in [2.05, 4.69) is 0 Å². The summed E-state index contributed by atoms with van der Waals surface area (Å²) in [4.78, 5) is 26.3. The summed E-state index contributed by atoms with van der Waals surface area (Å²) in [5, 5.41) is 9.06. The van der Waals surface area contributed by atoms with Crippen molar-refractivity contribution in [2.75, 3.05) is 19.0 Å². The van der Waals surface area contributed by atoms with Crippen LogP contribution in [0.5, 0.6) is 0 Å². The fourth-order valence-electron chi connectivity index (χ4n) is 3.35. The van der Waals surface area contributed by atoms with Gasteiger partial charge in [0.2, 0.25) is 0 Å². The van der Waals surface area contributed by atoms with Gasteiger partial charge in [-0.3, -0.25) is 4.79 Å². The van der Waals surface area contributed by atoms with E-state index in [0.29, 0.717) is 11.3 Å². The lowest BCUT2D eigenvalue weighted by Crippen LogP contribution is -2.30. The number of fused-ring (bicyclic) bond motifs is 1. The first kappa shape index (κ1) is 22.4. The van der Waals surface area contributed by atoms with Crippen LogP contribution in [0.2, 0.25) is 10.0 Å². The van der Waals surface area contributed by atoms with Crippen LogP contribution in [0.1, 0.15) is 51.6 Å². The molecule has 7 nitrogen and oxygen atoms in total. The summed E-state index contributed by atoms with van der Waals surface area (Å²) in [6, 6.07) is 6.01. The maximum absolute atomic E-state index is 13.2. The zero-order valence-corrected chi connectivity index (χ0v) is 19.1. The van der Waals surface area contributed by atoms with Crippen molar-refractivity contribution in [3.8, 4) is 0 Å². The molecule has 1 amide bonds. The van der Waals surface area contributed by atoms with Gasteiger partial charge in [0.25, 0.3) is 15.9 Å². The highest BCUT2D eigenvalue weighted by Gasteiger charge is 2.44. The van der Waals surface area contributed by atoms with Crippen LogP contribution in [0.4, 0.5) is 5.69 Å². The van der Waals surface area contributed by atoms with Crippen molar-refractivity contribution in [1.82, 2.24) is 4.31 Å². The Morgan fingerprint density at radius 1 is 1.20 bits per heavy atom. The van der Waals surface area contributed by atoms with Crippen molar-refractivity contribution in [3.05, 3.63) is 56.6 Å². The zero-order chi connectivity index (χ0) is 22.5. The second-order valence-electron chi connectivity index (χ2n) is 7.47. The van der Waals surface area contributed by atoms with Gasteiger partial charge in [-0.2, -0.15) is 0 Å². The lowest BCUT2D eigenvalue weighted by Gasteiger charge is -2.17. The Morgan fingerprint density at radius 3 is 2.37 bits per heavy atom. The predicted molar refractivity (Wildman–Crippen MR) is 115 cm³/mol. The van der Waals surface area contributed by atoms with Gasteiger partial charge in [-0.05, 0) is 35.2 Å². The van der Waals surface area contributed by atoms with E-state index in [-0.39, 0.29) is 37.5 Å². The number of carbonyl (C=O) groups excluding carboxylic acids is 1. The molecule has 1 aliphatic heterocycles. The summed E-state index contributed by atoms with van der Waals surface area (Å²) >= 11 is 12.1. The van der Waals surface area contributed by atoms with E-state index in [0.717, 1.165) is 4.31 Å². The highest BCUT2D eigenvalue weighted by Crippen LogP contribution is 2.40. The van der Waals surface area contributed by atoms with E-state index in [1.165, 1.54) is 18.2 Å². The summed E-state index contributed by atoms with van der Waals surface area (Å²) in [7, 11) is -0.576. The van der Waals surface area contributed by atoms with Crippen LogP contribution in [-0.2, 0) is 16.6 Å². The SMILES string of the molecule is CC(C)c1cc(N(C)C)cc2c1C(=O)N(Cc1ccc(Cl)c(C(=O)O)c1Cl)S2(=O)=O. The van der Waals surface area contributed by atoms with E-state index >= 15 is 0 Å². The quantitative estimate of drug-likeness (QED) is 0.702. The van der Waals surface area contributed by atoms with Gasteiger partial charge in [0.1, 0.15) is 4.90 Å². The number of carboxylic acid groups (broad SMARTS) is 1. The van der Waals surface area contributed by atoms with Crippen molar-refractivity contribution in [2.24, 2.45) is 0 Å². The van der Waals surface area contributed by atoms with E-state index in [4.69, 9.17) is 23.2 Å². The molecule has 0 spiro atoms. The second kappa shape index (κ2) is 7.76. The first-order chi connectivity index (χ1) is 13.9. The number of nitrogens with zero attached hydrogens (tertiary/aromatic N) is 2. The molecule has 2 aromatic carbocycles. The molecule has 3 rings (SSSR count). The van der Waals surface area contributed by atoms with E-state index < -0.39 is 28.4 Å². The third kappa shape index (κ3) is 3.53. The average Bonchev–Trinajstić information content (AvgIpc) is 2.83. The van der Waals surface area contributed by atoms with E-state index in [9.17, 15) is 23.1 Å². The monoisotopic (exact) mass is 470 g/mol. The number of sulfonamides is 1. The Hall–Kier alpha value is -2.29. The van der Waals surface area contributed by atoms with Crippen LogP contribution in [0.3, 0.4) is 0 Å². The van der Waals surface area contributed by atoms with Crippen LogP contribution in [0, 0.1) is 0 Å². The molecule has 2 aromatic rings. The zero-order valence-electron chi connectivity index (χ0n) is 16.7. The fraction of sp³-hybridized carbons (Fsp3) is 0.300. The molecule has 0 atom stereocenters. The van der Waals surface area contributed by atoms with Crippen molar-refractivity contribution in [1.29, 1.82) is 0 Å². The third-order valence-electron chi connectivity index (χ3n) is 4.96. The van der Waals surface area contributed by atoms with E-state index in [1.807, 2.05) is 13.8 Å². The largest absolute Gasteiger partial charge is 0.478 e. The Balaban J connectivity index is 2.16. The molecule has 0 fully saturated rings. The summed E-state index contributed by atoms with van der Waals surface area (Å²) in [5.41, 5.74) is 1.26. The summed E-state index contributed by atoms with van der Waals surface area (Å²) < 4.78 is 27.2. The van der Waals surface area contributed by atoms with Gasteiger partial charge in [0.15, 0.2) is 0 Å². The summed E-state index contributed by atoms with van der Waals surface area (Å²) in [5.74, 6) is -2.10. The fourth-order valence-corrected chi connectivity index (χ4v) is 5.53. The lowest BCUT2D eigenvalue weighted by atomic mass is 9.95.